The predicted octanol–water partition coefficient (Wildman–Crippen LogP) is 3.32. The number of fused-ring (bicyclic) bond motifs is 1. The van der Waals surface area contributed by atoms with Crippen molar-refractivity contribution in [1.82, 2.24) is 19.7 Å². The van der Waals surface area contributed by atoms with Crippen LogP contribution >= 0.6 is 11.3 Å². The van der Waals surface area contributed by atoms with Crippen LogP contribution < -0.4 is 4.90 Å². The third kappa shape index (κ3) is 4.26. The maximum atomic E-state index is 13.5. The average molecular weight is 428 g/mol. The Hall–Kier alpha value is -2.29. The largest absolute Gasteiger partial charge is 0.379 e. The monoisotopic (exact) mass is 427 g/mol. The van der Waals surface area contributed by atoms with Gasteiger partial charge in [-0.2, -0.15) is 5.10 Å². The first-order valence-corrected chi connectivity index (χ1v) is 11.2. The number of amides is 1. The minimum Gasteiger partial charge on any atom is -0.379 e. The van der Waals surface area contributed by atoms with Gasteiger partial charge in [0, 0.05) is 33.2 Å². The van der Waals surface area contributed by atoms with Gasteiger partial charge in [-0.1, -0.05) is 11.3 Å². The second-order valence-corrected chi connectivity index (χ2v) is 8.97. The molecule has 1 aliphatic rings. The van der Waals surface area contributed by atoms with Gasteiger partial charge in [-0.05, 0) is 56.0 Å². The molecule has 0 spiro atoms. The minimum absolute atomic E-state index is 0.0398. The summed E-state index contributed by atoms with van der Waals surface area (Å²) in [7, 11) is 1.82. The summed E-state index contributed by atoms with van der Waals surface area (Å²) in [5, 5.41) is 5.02. The first-order valence-electron chi connectivity index (χ1n) is 10.4. The Bertz CT molecular complexity index is 993. The summed E-state index contributed by atoms with van der Waals surface area (Å²) >= 11 is 1.58. The number of hydrogen-bond donors (Lipinski definition) is 0. The topological polar surface area (TPSA) is 63.5 Å². The standard InChI is InChI=1S/C22H29N5O2S/c1-15-12-18-19(13-16(15)2)30-22(24-18)27(7-5-6-26-8-10-29-11-9-26)21(28)20-17(3)14-23-25(20)4/h12-14H,5-11H2,1-4H3. The lowest BCUT2D eigenvalue weighted by Gasteiger charge is -2.27. The van der Waals surface area contributed by atoms with Crippen LogP contribution in [0.3, 0.4) is 0 Å². The van der Waals surface area contributed by atoms with E-state index in [4.69, 9.17) is 9.72 Å². The molecular weight excluding hydrogens is 398 g/mol. The van der Waals surface area contributed by atoms with Crippen LogP contribution in [-0.4, -0.2) is 65.0 Å². The summed E-state index contributed by atoms with van der Waals surface area (Å²) in [4.78, 5) is 22.6. The van der Waals surface area contributed by atoms with Crippen LogP contribution in [0, 0.1) is 20.8 Å². The van der Waals surface area contributed by atoms with Crippen molar-refractivity contribution in [3.8, 4) is 0 Å². The van der Waals surface area contributed by atoms with Gasteiger partial charge in [0.05, 0.1) is 29.6 Å². The molecule has 1 amide bonds. The van der Waals surface area contributed by atoms with Gasteiger partial charge in [-0.3, -0.25) is 19.3 Å². The predicted molar refractivity (Wildman–Crippen MR) is 121 cm³/mol. The Morgan fingerprint density at radius 1 is 1.17 bits per heavy atom. The molecule has 2 aromatic heterocycles. The van der Waals surface area contributed by atoms with E-state index in [1.165, 1.54) is 11.1 Å². The summed E-state index contributed by atoms with van der Waals surface area (Å²) in [5.74, 6) is -0.0398. The number of nitrogens with zero attached hydrogens (tertiary/aromatic N) is 5. The van der Waals surface area contributed by atoms with Crippen molar-refractivity contribution in [1.29, 1.82) is 0 Å². The first kappa shape index (κ1) is 21.0. The number of carbonyl (C=O) groups is 1. The van der Waals surface area contributed by atoms with Crippen molar-refractivity contribution in [2.45, 2.75) is 27.2 Å². The van der Waals surface area contributed by atoms with E-state index in [-0.39, 0.29) is 5.91 Å². The highest BCUT2D eigenvalue weighted by Crippen LogP contribution is 2.32. The fourth-order valence-corrected chi connectivity index (χ4v) is 4.90. The molecule has 1 aromatic carbocycles. The fraction of sp³-hybridized carbons (Fsp3) is 0.500. The van der Waals surface area contributed by atoms with Crippen LogP contribution in [0.15, 0.2) is 18.3 Å². The highest BCUT2D eigenvalue weighted by Gasteiger charge is 2.25. The molecule has 160 valence electrons. The number of hydrogen-bond acceptors (Lipinski definition) is 6. The van der Waals surface area contributed by atoms with Gasteiger partial charge in [0.1, 0.15) is 5.69 Å². The molecule has 1 saturated heterocycles. The lowest BCUT2D eigenvalue weighted by Crippen LogP contribution is -2.39. The smallest absolute Gasteiger partial charge is 0.278 e. The quantitative estimate of drug-likeness (QED) is 0.604. The molecule has 1 aliphatic heterocycles. The zero-order valence-electron chi connectivity index (χ0n) is 18.1. The van der Waals surface area contributed by atoms with E-state index in [2.05, 4.69) is 36.0 Å². The van der Waals surface area contributed by atoms with Crippen LogP contribution in [0.5, 0.6) is 0 Å². The number of rotatable bonds is 6. The fourth-order valence-electron chi connectivity index (χ4n) is 3.83. The molecule has 3 aromatic rings. The molecule has 0 bridgehead atoms. The molecule has 0 unspecified atom stereocenters. The molecule has 3 heterocycles. The van der Waals surface area contributed by atoms with E-state index in [0.29, 0.717) is 12.2 Å². The highest BCUT2D eigenvalue weighted by molar-refractivity contribution is 7.22. The van der Waals surface area contributed by atoms with Gasteiger partial charge in [-0.25, -0.2) is 4.98 Å². The second kappa shape index (κ2) is 8.83. The maximum Gasteiger partial charge on any atom is 0.278 e. The van der Waals surface area contributed by atoms with Gasteiger partial charge in [-0.15, -0.1) is 0 Å². The van der Waals surface area contributed by atoms with Crippen molar-refractivity contribution in [3.05, 3.63) is 40.7 Å². The Labute approximate surface area is 181 Å². The Balaban J connectivity index is 1.61. The van der Waals surface area contributed by atoms with E-state index in [1.807, 2.05) is 18.9 Å². The Morgan fingerprint density at radius 2 is 1.90 bits per heavy atom. The van der Waals surface area contributed by atoms with E-state index >= 15 is 0 Å². The summed E-state index contributed by atoms with van der Waals surface area (Å²) in [5.41, 5.74) is 4.91. The number of morpholine rings is 1. The van der Waals surface area contributed by atoms with Gasteiger partial charge in [0.25, 0.3) is 5.91 Å². The van der Waals surface area contributed by atoms with Crippen LogP contribution in [0.25, 0.3) is 10.2 Å². The van der Waals surface area contributed by atoms with Gasteiger partial charge in [0.2, 0.25) is 0 Å². The zero-order valence-corrected chi connectivity index (χ0v) is 19.0. The lowest BCUT2D eigenvalue weighted by molar-refractivity contribution is 0.0376. The molecule has 0 saturated carbocycles. The summed E-state index contributed by atoms with van der Waals surface area (Å²) in [6.07, 6.45) is 2.63. The Kier molecular flexibility index (Phi) is 6.17. The van der Waals surface area contributed by atoms with Crippen LogP contribution in [0.4, 0.5) is 5.13 Å². The number of ether oxygens (including phenoxy) is 1. The summed E-state index contributed by atoms with van der Waals surface area (Å²) in [6.45, 7) is 11.2. The minimum atomic E-state index is -0.0398. The van der Waals surface area contributed by atoms with E-state index < -0.39 is 0 Å². The molecule has 0 aliphatic carbocycles. The van der Waals surface area contributed by atoms with Crippen molar-refractivity contribution in [2.75, 3.05) is 44.3 Å². The third-order valence-corrected chi connectivity index (χ3v) is 6.79. The molecule has 7 nitrogen and oxygen atoms in total. The van der Waals surface area contributed by atoms with Crippen molar-refractivity contribution in [3.63, 3.8) is 0 Å². The van der Waals surface area contributed by atoms with E-state index in [1.54, 1.807) is 22.2 Å². The number of thiazole rings is 1. The van der Waals surface area contributed by atoms with Crippen LogP contribution in [-0.2, 0) is 11.8 Å². The van der Waals surface area contributed by atoms with Crippen LogP contribution in [0.2, 0.25) is 0 Å². The molecule has 0 atom stereocenters. The van der Waals surface area contributed by atoms with Gasteiger partial charge < -0.3 is 4.74 Å². The van der Waals surface area contributed by atoms with Gasteiger partial charge in [0.15, 0.2) is 5.13 Å². The number of benzene rings is 1. The van der Waals surface area contributed by atoms with Gasteiger partial charge >= 0.3 is 0 Å². The normalized spacial score (nSPS) is 15.1. The average Bonchev–Trinajstić information content (AvgIpc) is 3.28. The summed E-state index contributed by atoms with van der Waals surface area (Å²) in [6, 6.07) is 4.27. The lowest BCUT2D eigenvalue weighted by atomic mass is 10.1. The molecule has 1 fully saturated rings. The van der Waals surface area contributed by atoms with Crippen LogP contribution in [0.1, 0.15) is 33.6 Å². The number of aryl methyl sites for hydroxylation is 4. The molecule has 4 rings (SSSR count). The van der Waals surface area contributed by atoms with Crippen molar-refractivity contribution < 1.29 is 9.53 Å². The third-order valence-electron chi connectivity index (χ3n) is 5.75. The van der Waals surface area contributed by atoms with E-state index in [9.17, 15) is 4.79 Å². The summed E-state index contributed by atoms with van der Waals surface area (Å²) < 4.78 is 8.21. The first-order chi connectivity index (χ1) is 14.4. The second-order valence-electron chi connectivity index (χ2n) is 7.96. The molecule has 8 heteroatoms. The maximum absolute atomic E-state index is 13.5. The van der Waals surface area contributed by atoms with E-state index in [0.717, 1.165) is 60.2 Å². The number of carbonyl (C=O) groups excluding carboxylic acids is 1. The molecular formula is C22H29N5O2S. The number of anilines is 1. The highest BCUT2D eigenvalue weighted by atomic mass is 32.1. The zero-order chi connectivity index (χ0) is 21.3. The Morgan fingerprint density at radius 3 is 2.60 bits per heavy atom. The van der Waals surface area contributed by atoms with Crippen molar-refractivity contribution in [2.24, 2.45) is 7.05 Å². The molecule has 0 N–H and O–H groups in total. The molecule has 30 heavy (non-hydrogen) atoms. The van der Waals surface area contributed by atoms with Crippen molar-refractivity contribution >= 4 is 32.6 Å². The number of aromatic nitrogens is 3. The molecule has 0 radical (unpaired) electrons. The SMILES string of the molecule is Cc1cc2nc(N(CCCN3CCOCC3)C(=O)c3c(C)cnn3C)sc2cc1C.